The van der Waals surface area contributed by atoms with Crippen LogP contribution in [0.5, 0.6) is 5.75 Å². The number of nitrogen functional groups attached to an aromatic ring is 1. The number of carbonyl (C=O) groups is 1. The first-order valence-electron chi connectivity index (χ1n) is 5.38. The fraction of sp³-hybridized carbons (Fsp3) is 0.0769. The van der Waals surface area contributed by atoms with Crippen molar-refractivity contribution in [2.75, 3.05) is 18.2 Å². The van der Waals surface area contributed by atoms with Gasteiger partial charge in [-0.15, -0.1) is 11.3 Å². The molecule has 0 fully saturated rings. The molecular formula is C13H11N3O2S. The number of rotatable bonds is 3. The summed E-state index contributed by atoms with van der Waals surface area (Å²) in [6.45, 7) is 0. The van der Waals surface area contributed by atoms with Crippen LogP contribution in [0.4, 0.5) is 11.4 Å². The number of benzene rings is 1. The Hall–Kier alpha value is -2.52. The van der Waals surface area contributed by atoms with E-state index in [-0.39, 0.29) is 5.91 Å². The number of hydrogen-bond acceptors (Lipinski definition) is 5. The summed E-state index contributed by atoms with van der Waals surface area (Å²) in [6, 6.07) is 8.45. The molecule has 1 aromatic heterocycles. The molecule has 0 atom stereocenters. The van der Waals surface area contributed by atoms with Gasteiger partial charge in [0, 0.05) is 5.69 Å². The summed E-state index contributed by atoms with van der Waals surface area (Å²) in [5.41, 5.74) is 6.82. The SMILES string of the molecule is COc1ccsc1C(=O)Nc1ccc(N)cc1C#N. The average molecular weight is 273 g/mol. The predicted molar refractivity (Wildman–Crippen MR) is 74.4 cm³/mol. The van der Waals surface area contributed by atoms with Gasteiger partial charge in [-0.05, 0) is 29.6 Å². The van der Waals surface area contributed by atoms with Gasteiger partial charge in [-0.3, -0.25) is 4.79 Å². The minimum Gasteiger partial charge on any atom is -0.495 e. The quantitative estimate of drug-likeness (QED) is 0.841. The lowest BCUT2D eigenvalue weighted by molar-refractivity contribution is 0.102. The minimum absolute atomic E-state index is 0.312. The monoisotopic (exact) mass is 273 g/mol. The summed E-state index contributed by atoms with van der Waals surface area (Å²) in [5.74, 6) is 0.199. The van der Waals surface area contributed by atoms with Crippen LogP contribution in [0.15, 0.2) is 29.6 Å². The summed E-state index contributed by atoms with van der Waals surface area (Å²) in [5, 5.41) is 13.5. The molecule has 0 saturated heterocycles. The molecule has 0 radical (unpaired) electrons. The molecule has 0 aliphatic rings. The summed E-state index contributed by atoms with van der Waals surface area (Å²) >= 11 is 1.27. The lowest BCUT2D eigenvalue weighted by Crippen LogP contribution is -2.12. The zero-order chi connectivity index (χ0) is 13.8. The van der Waals surface area contributed by atoms with Crippen LogP contribution in [0, 0.1) is 11.3 Å². The van der Waals surface area contributed by atoms with Gasteiger partial charge < -0.3 is 15.8 Å². The normalized spacial score (nSPS) is 9.68. The van der Waals surface area contributed by atoms with Gasteiger partial charge in [-0.25, -0.2) is 0 Å². The van der Waals surface area contributed by atoms with E-state index in [9.17, 15) is 4.79 Å². The third-order valence-corrected chi connectivity index (χ3v) is 3.36. The molecule has 6 heteroatoms. The lowest BCUT2D eigenvalue weighted by atomic mass is 10.1. The maximum absolute atomic E-state index is 12.1. The van der Waals surface area contributed by atoms with Crippen LogP contribution in [0.3, 0.4) is 0 Å². The molecule has 19 heavy (non-hydrogen) atoms. The number of anilines is 2. The second kappa shape index (κ2) is 5.42. The maximum Gasteiger partial charge on any atom is 0.269 e. The van der Waals surface area contributed by atoms with Crippen LogP contribution in [-0.2, 0) is 0 Å². The summed E-state index contributed by atoms with van der Waals surface area (Å²) in [7, 11) is 1.50. The van der Waals surface area contributed by atoms with Crippen LogP contribution in [0.2, 0.25) is 0 Å². The van der Waals surface area contributed by atoms with Gasteiger partial charge in [0.05, 0.1) is 18.4 Å². The van der Waals surface area contributed by atoms with Gasteiger partial charge in [0.1, 0.15) is 16.7 Å². The van der Waals surface area contributed by atoms with Crippen molar-refractivity contribution >= 4 is 28.6 Å². The van der Waals surface area contributed by atoms with Crippen LogP contribution >= 0.6 is 11.3 Å². The molecule has 96 valence electrons. The Balaban J connectivity index is 2.27. The van der Waals surface area contributed by atoms with E-state index in [4.69, 9.17) is 15.7 Å². The van der Waals surface area contributed by atoms with Crippen molar-refractivity contribution in [3.8, 4) is 11.8 Å². The van der Waals surface area contributed by atoms with Crippen LogP contribution in [0.25, 0.3) is 0 Å². The van der Waals surface area contributed by atoms with Crippen molar-refractivity contribution in [3.05, 3.63) is 40.1 Å². The Morgan fingerprint density at radius 3 is 2.95 bits per heavy atom. The van der Waals surface area contributed by atoms with Crippen molar-refractivity contribution < 1.29 is 9.53 Å². The van der Waals surface area contributed by atoms with Gasteiger partial charge >= 0.3 is 0 Å². The Morgan fingerprint density at radius 1 is 1.47 bits per heavy atom. The van der Waals surface area contributed by atoms with Crippen LogP contribution in [-0.4, -0.2) is 13.0 Å². The molecule has 0 bridgehead atoms. The smallest absolute Gasteiger partial charge is 0.269 e. The number of amides is 1. The van der Waals surface area contributed by atoms with E-state index in [0.29, 0.717) is 27.6 Å². The zero-order valence-corrected chi connectivity index (χ0v) is 11.0. The number of nitriles is 1. The van der Waals surface area contributed by atoms with Gasteiger partial charge in [0.25, 0.3) is 5.91 Å². The standard InChI is InChI=1S/C13H11N3O2S/c1-18-11-4-5-19-12(11)13(17)16-10-3-2-9(15)6-8(10)7-14/h2-6H,15H2,1H3,(H,16,17). The lowest BCUT2D eigenvalue weighted by Gasteiger charge is -2.07. The first kappa shape index (κ1) is 12.9. The van der Waals surface area contributed by atoms with Crippen molar-refractivity contribution in [1.29, 1.82) is 5.26 Å². The van der Waals surface area contributed by atoms with Crippen molar-refractivity contribution in [1.82, 2.24) is 0 Å². The second-order valence-electron chi connectivity index (χ2n) is 3.69. The fourth-order valence-corrected chi connectivity index (χ4v) is 2.32. The first-order chi connectivity index (χ1) is 9.15. The predicted octanol–water partition coefficient (Wildman–Crippen LogP) is 2.46. The van der Waals surface area contributed by atoms with Crippen LogP contribution in [0.1, 0.15) is 15.2 Å². The third-order valence-electron chi connectivity index (χ3n) is 2.47. The molecule has 5 nitrogen and oxygen atoms in total. The summed E-state index contributed by atoms with van der Waals surface area (Å²) in [4.78, 5) is 12.5. The number of carbonyl (C=O) groups excluding carboxylic acids is 1. The molecule has 0 unspecified atom stereocenters. The number of methoxy groups -OCH3 is 1. The first-order valence-corrected chi connectivity index (χ1v) is 6.26. The number of thiophene rings is 1. The van der Waals surface area contributed by atoms with Gasteiger partial charge in [0.15, 0.2) is 0 Å². The molecule has 0 aliphatic heterocycles. The van der Waals surface area contributed by atoms with Gasteiger partial charge in [-0.1, -0.05) is 0 Å². The fourth-order valence-electron chi connectivity index (χ4n) is 1.57. The number of hydrogen-bond donors (Lipinski definition) is 2. The Bertz CT molecular complexity index is 658. The number of ether oxygens (including phenoxy) is 1. The van der Waals surface area contributed by atoms with E-state index in [1.54, 1.807) is 23.6 Å². The van der Waals surface area contributed by atoms with E-state index in [2.05, 4.69) is 5.32 Å². The van der Waals surface area contributed by atoms with Crippen molar-refractivity contribution in [2.45, 2.75) is 0 Å². The third kappa shape index (κ3) is 2.67. The maximum atomic E-state index is 12.1. The average Bonchev–Trinajstić information content (AvgIpc) is 2.89. The van der Waals surface area contributed by atoms with E-state index in [0.717, 1.165) is 0 Å². The molecule has 0 saturated carbocycles. The topological polar surface area (TPSA) is 88.1 Å². The largest absolute Gasteiger partial charge is 0.495 e. The zero-order valence-electron chi connectivity index (χ0n) is 10.1. The van der Waals surface area contributed by atoms with E-state index in [1.807, 2.05) is 6.07 Å². The number of nitrogens with one attached hydrogen (secondary N) is 1. The summed E-state index contributed by atoms with van der Waals surface area (Å²) in [6.07, 6.45) is 0. The molecule has 1 heterocycles. The molecule has 0 spiro atoms. The molecule has 2 aromatic rings. The Morgan fingerprint density at radius 2 is 2.26 bits per heavy atom. The van der Waals surface area contributed by atoms with E-state index < -0.39 is 0 Å². The number of nitrogens with two attached hydrogens (primary N) is 1. The highest BCUT2D eigenvalue weighted by molar-refractivity contribution is 7.12. The highest BCUT2D eigenvalue weighted by Gasteiger charge is 2.15. The molecular weight excluding hydrogens is 262 g/mol. The summed E-state index contributed by atoms with van der Waals surface area (Å²) < 4.78 is 5.08. The van der Waals surface area contributed by atoms with E-state index >= 15 is 0 Å². The van der Waals surface area contributed by atoms with E-state index in [1.165, 1.54) is 24.5 Å². The molecule has 1 aromatic carbocycles. The van der Waals surface area contributed by atoms with Crippen LogP contribution < -0.4 is 15.8 Å². The Kier molecular flexibility index (Phi) is 3.68. The van der Waals surface area contributed by atoms with Crippen molar-refractivity contribution in [3.63, 3.8) is 0 Å². The highest BCUT2D eigenvalue weighted by Crippen LogP contribution is 2.26. The number of nitrogens with zero attached hydrogens (tertiary/aromatic N) is 1. The molecule has 1 amide bonds. The van der Waals surface area contributed by atoms with Crippen molar-refractivity contribution in [2.24, 2.45) is 0 Å². The molecule has 2 rings (SSSR count). The molecule has 3 N–H and O–H groups in total. The van der Waals surface area contributed by atoms with Gasteiger partial charge in [0.2, 0.25) is 0 Å². The van der Waals surface area contributed by atoms with Gasteiger partial charge in [-0.2, -0.15) is 5.26 Å². The Labute approximate surface area is 114 Å². The minimum atomic E-state index is -0.312. The highest BCUT2D eigenvalue weighted by atomic mass is 32.1. The molecule has 0 aliphatic carbocycles. The second-order valence-corrected chi connectivity index (χ2v) is 4.61.